The number of methoxy groups -OCH3 is 1. The third-order valence-electron chi connectivity index (χ3n) is 2.80. The molecule has 0 fully saturated rings. The van der Waals surface area contributed by atoms with E-state index in [9.17, 15) is 4.79 Å². The Hall–Kier alpha value is -1.55. The van der Waals surface area contributed by atoms with Crippen LogP contribution in [0, 0.1) is 5.92 Å². The van der Waals surface area contributed by atoms with Crippen LogP contribution < -0.4 is 15.4 Å². The summed E-state index contributed by atoms with van der Waals surface area (Å²) >= 11 is 0. The molecule has 0 aliphatic carbocycles. The number of benzene rings is 1. The van der Waals surface area contributed by atoms with Crippen LogP contribution in [-0.2, 0) is 4.79 Å². The van der Waals surface area contributed by atoms with Gasteiger partial charge < -0.3 is 15.4 Å². The quantitative estimate of drug-likeness (QED) is 0.710. The SMILES string of the molecule is COc1ccccc1NC(=O)CNCCCC(C)C. The van der Waals surface area contributed by atoms with Gasteiger partial charge in [0.05, 0.1) is 19.3 Å². The van der Waals surface area contributed by atoms with Gasteiger partial charge in [-0.15, -0.1) is 0 Å². The highest BCUT2D eigenvalue weighted by Gasteiger charge is 2.06. The Morgan fingerprint density at radius 3 is 2.74 bits per heavy atom. The molecule has 19 heavy (non-hydrogen) atoms. The van der Waals surface area contributed by atoms with Crippen LogP contribution in [0.4, 0.5) is 5.69 Å². The summed E-state index contributed by atoms with van der Waals surface area (Å²) in [6.45, 7) is 5.61. The number of hydrogen-bond donors (Lipinski definition) is 2. The number of ether oxygens (including phenoxy) is 1. The van der Waals surface area contributed by atoms with E-state index >= 15 is 0 Å². The molecular weight excluding hydrogens is 240 g/mol. The Labute approximate surface area is 115 Å². The molecular formula is C15H24N2O2. The van der Waals surface area contributed by atoms with E-state index in [4.69, 9.17) is 4.74 Å². The maximum Gasteiger partial charge on any atom is 0.238 e. The standard InChI is InChI=1S/C15H24N2O2/c1-12(2)7-6-10-16-11-15(18)17-13-8-4-5-9-14(13)19-3/h4-5,8-9,12,16H,6-7,10-11H2,1-3H3,(H,17,18). The predicted octanol–water partition coefficient (Wildman–Crippen LogP) is 2.66. The topological polar surface area (TPSA) is 50.4 Å². The summed E-state index contributed by atoms with van der Waals surface area (Å²) in [6.07, 6.45) is 2.28. The van der Waals surface area contributed by atoms with Gasteiger partial charge >= 0.3 is 0 Å². The molecule has 0 bridgehead atoms. The first-order valence-corrected chi connectivity index (χ1v) is 6.77. The summed E-state index contributed by atoms with van der Waals surface area (Å²) in [6, 6.07) is 7.40. The lowest BCUT2D eigenvalue weighted by Crippen LogP contribution is -2.29. The molecule has 1 rings (SSSR count). The summed E-state index contributed by atoms with van der Waals surface area (Å²) in [5.41, 5.74) is 0.707. The van der Waals surface area contributed by atoms with Crippen molar-refractivity contribution in [3.8, 4) is 5.75 Å². The molecule has 0 saturated heterocycles. The number of rotatable bonds is 8. The largest absolute Gasteiger partial charge is 0.495 e. The predicted molar refractivity (Wildman–Crippen MR) is 78.6 cm³/mol. The molecule has 0 atom stereocenters. The van der Waals surface area contributed by atoms with E-state index in [0.717, 1.165) is 13.0 Å². The second-order valence-corrected chi connectivity index (χ2v) is 4.96. The van der Waals surface area contributed by atoms with Crippen molar-refractivity contribution in [1.29, 1.82) is 0 Å². The molecule has 2 N–H and O–H groups in total. The molecule has 0 unspecified atom stereocenters. The number of anilines is 1. The van der Waals surface area contributed by atoms with Crippen LogP contribution in [0.5, 0.6) is 5.75 Å². The lowest BCUT2D eigenvalue weighted by atomic mass is 10.1. The van der Waals surface area contributed by atoms with Crippen LogP contribution >= 0.6 is 0 Å². The Kier molecular flexibility index (Phi) is 6.97. The van der Waals surface area contributed by atoms with Crippen molar-refractivity contribution in [2.24, 2.45) is 5.92 Å². The number of hydrogen-bond acceptors (Lipinski definition) is 3. The van der Waals surface area contributed by atoms with Crippen LogP contribution in [0.15, 0.2) is 24.3 Å². The first kappa shape index (κ1) is 15.5. The van der Waals surface area contributed by atoms with Crippen molar-refractivity contribution in [2.45, 2.75) is 26.7 Å². The van der Waals surface area contributed by atoms with Gasteiger partial charge in [0.1, 0.15) is 5.75 Å². The Morgan fingerprint density at radius 1 is 1.32 bits per heavy atom. The van der Waals surface area contributed by atoms with Crippen molar-refractivity contribution in [2.75, 3.05) is 25.5 Å². The zero-order valence-electron chi connectivity index (χ0n) is 12.0. The molecule has 0 spiro atoms. The third-order valence-corrected chi connectivity index (χ3v) is 2.80. The van der Waals surface area contributed by atoms with Gasteiger partial charge in [-0.1, -0.05) is 26.0 Å². The van der Waals surface area contributed by atoms with E-state index in [1.54, 1.807) is 7.11 Å². The monoisotopic (exact) mass is 264 g/mol. The second-order valence-electron chi connectivity index (χ2n) is 4.96. The van der Waals surface area contributed by atoms with Gasteiger partial charge in [-0.25, -0.2) is 0 Å². The van der Waals surface area contributed by atoms with E-state index in [0.29, 0.717) is 23.9 Å². The van der Waals surface area contributed by atoms with E-state index in [2.05, 4.69) is 24.5 Å². The van der Waals surface area contributed by atoms with Crippen LogP contribution in [0.2, 0.25) is 0 Å². The highest BCUT2D eigenvalue weighted by atomic mass is 16.5. The van der Waals surface area contributed by atoms with Crippen molar-refractivity contribution < 1.29 is 9.53 Å². The summed E-state index contributed by atoms with van der Waals surface area (Å²) in [4.78, 5) is 11.7. The van der Waals surface area contributed by atoms with Gasteiger partial charge in [0.2, 0.25) is 5.91 Å². The highest BCUT2D eigenvalue weighted by Crippen LogP contribution is 2.22. The first-order valence-electron chi connectivity index (χ1n) is 6.77. The fraction of sp³-hybridized carbons (Fsp3) is 0.533. The van der Waals surface area contributed by atoms with Crippen LogP contribution in [0.3, 0.4) is 0 Å². The van der Waals surface area contributed by atoms with Gasteiger partial charge in [-0.3, -0.25) is 4.79 Å². The molecule has 106 valence electrons. The number of para-hydroxylation sites is 2. The van der Waals surface area contributed by atoms with E-state index in [-0.39, 0.29) is 5.91 Å². The Bertz CT molecular complexity index is 391. The molecule has 0 radical (unpaired) electrons. The molecule has 0 aromatic heterocycles. The van der Waals surface area contributed by atoms with Crippen molar-refractivity contribution in [3.63, 3.8) is 0 Å². The zero-order chi connectivity index (χ0) is 14.1. The molecule has 0 aliphatic rings. The lowest BCUT2D eigenvalue weighted by Gasteiger charge is -2.10. The minimum atomic E-state index is -0.0472. The fourth-order valence-electron chi connectivity index (χ4n) is 1.78. The second kappa shape index (κ2) is 8.53. The van der Waals surface area contributed by atoms with Gasteiger partial charge in [0, 0.05) is 0 Å². The highest BCUT2D eigenvalue weighted by molar-refractivity contribution is 5.93. The molecule has 4 heteroatoms. The minimum Gasteiger partial charge on any atom is -0.495 e. The van der Waals surface area contributed by atoms with Crippen molar-refractivity contribution in [1.82, 2.24) is 5.32 Å². The summed E-state index contributed by atoms with van der Waals surface area (Å²) in [7, 11) is 1.59. The lowest BCUT2D eigenvalue weighted by molar-refractivity contribution is -0.115. The van der Waals surface area contributed by atoms with E-state index in [1.165, 1.54) is 6.42 Å². The summed E-state index contributed by atoms with van der Waals surface area (Å²) in [5.74, 6) is 1.34. The van der Waals surface area contributed by atoms with Gasteiger partial charge in [-0.2, -0.15) is 0 Å². The normalized spacial score (nSPS) is 10.5. The molecule has 0 heterocycles. The number of nitrogens with one attached hydrogen (secondary N) is 2. The smallest absolute Gasteiger partial charge is 0.238 e. The Morgan fingerprint density at radius 2 is 2.05 bits per heavy atom. The molecule has 0 aliphatic heterocycles. The van der Waals surface area contributed by atoms with Crippen LogP contribution in [0.1, 0.15) is 26.7 Å². The Balaban J connectivity index is 2.27. The minimum absolute atomic E-state index is 0.0472. The molecule has 0 saturated carbocycles. The first-order chi connectivity index (χ1) is 9.13. The number of carbonyl (C=O) groups is 1. The average Bonchev–Trinajstić information content (AvgIpc) is 2.38. The van der Waals surface area contributed by atoms with Crippen LogP contribution in [0.25, 0.3) is 0 Å². The average molecular weight is 264 g/mol. The molecule has 4 nitrogen and oxygen atoms in total. The molecule has 1 aromatic rings. The van der Waals surface area contributed by atoms with Crippen molar-refractivity contribution >= 4 is 11.6 Å². The fourth-order valence-corrected chi connectivity index (χ4v) is 1.78. The maximum absolute atomic E-state index is 11.7. The third kappa shape index (κ3) is 6.25. The van der Waals surface area contributed by atoms with E-state index < -0.39 is 0 Å². The van der Waals surface area contributed by atoms with Crippen molar-refractivity contribution in [3.05, 3.63) is 24.3 Å². The maximum atomic E-state index is 11.7. The summed E-state index contributed by atoms with van der Waals surface area (Å²) < 4.78 is 5.18. The molecule has 1 amide bonds. The zero-order valence-corrected chi connectivity index (χ0v) is 12.0. The number of carbonyl (C=O) groups excluding carboxylic acids is 1. The molecule has 1 aromatic carbocycles. The number of amides is 1. The van der Waals surface area contributed by atoms with E-state index in [1.807, 2.05) is 24.3 Å². The summed E-state index contributed by atoms with van der Waals surface area (Å²) in [5, 5.41) is 5.98. The van der Waals surface area contributed by atoms with Gasteiger partial charge in [0.15, 0.2) is 0 Å². The van der Waals surface area contributed by atoms with Crippen LogP contribution in [-0.4, -0.2) is 26.1 Å². The van der Waals surface area contributed by atoms with Gasteiger partial charge in [0.25, 0.3) is 0 Å². The van der Waals surface area contributed by atoms with Gasteiger partial charge in [-0.05, 0) is 37.4 Å².